The van der Waals surface area contributed by atoms with Gasteiger partial charge in [-0.25, -0.2) is 8.78 Å². The van der Waals surface area contributed by atoms with E-state index in [2.05, 4.69) is 21.7 Å². The van der Waals surface area contributed by atoms with Crippen LogP contribution >= 0.6 is 0 Å². The molecule has 1 atom stereocenters. The van der Waals surface area contributed by atoms with Crippen molar-refractivity contribution in [3.63, 3.8) is 0 Å². The summed E-state index contributed by atoms with van der Waals surface area (Å²) in [5.74, 6) is -3.61. The van der Waals surface area contributed by atoms with Gasteiger partial charge in [0.15, 0.2) is 11.6 Å². The van der Waals surface area contributed by atoms with Gasteiger partial charge in [0, 0.05) is 23.7 Å². The van der Waals surface area contributed by atoms with Gasteiger partial charge in [0.05, 0.1) is 11.2 Å². The lowest BCUT2D eigenvalue weighted by molar-refractivity contribution is -0.136. The Hall–Kier alpha value is -3.22. The third-order valence-corrected chi connectivity index (χ3v) is 4.86. The number of carbonyl (C=O) groups excluding carboxylic acids is 2. The number of fused-ring (bicyclic) bond motifs is 2. The molecule has 1 aliphatic carbocycles. The van der Waals surface area contributed by atoms with E-state index in [1.165, 1.54) is 17.3 Å². The van der Waals surface area contributed by atoms with Gasteiger partial charge >= 0.3 is 11.8 Å². The van der Waals surface area contributed by atoms with E-state index in [1.54, 1.807) is 0 Å². The molecule has 1 unspecified atom stereocenters. The van der Waals surface area contributed by atoms with Gasteiger partial charge < -0.3 is 15.6 Å². The van der Waals surface area contributed by atoms with Crippen molar-refractivity contribution in [2.75, 3.05) is 5.32 Å². The highest BCUT2D eigenvalue weighted by Crippen LogP contribution is 2.25. The minimum atomic E-state index is -1.03. The van der Waals surface area contributed by atoms with E-state index in [0.717, 1.165) is 25.0 Å². The molecule has 138 valence electrons. The molecule has 0 saturated carbocycles. The van der Waals surface area contributed by atoms with Gasteiger partial charge in [0.25, 0.3) is 0 Å². The molecule has 0 fully saturated rings. The van der Waals surface area contributed by atoms with Gasteiger partial charge in [-0.1, -0.05) is 24.3 Å². The SMILES string of the molecule is O=C(Nc1c[nH]c2cc(F)c(F)cc12)C(=O)NC1CCc2ccccc2C1. The van der Waals surface area contributed by atoms with E-state index in [9.17, 15) is 18.4 Å². The second-order valence-corrected chi connectivity index (χ2v) is 6.65. The molecule has 3 aromatic rings. The molecule has 7 heteroatoms. The van der Waals surface area contributed by atoms with Crippen LogP contribution in [0.4, 0.5) is 14.5 Å². The predicted octanol–water partition coefficient (Wildman–Crippen LogP) is 3.06. The lowest BCUT2D eigenvalue weighted by Crippen LogP contribution is -2.44. The van der Waals surface area contributed by atoms with E-state index in [0.29, 0.717) is 17.3 Å². The smallest absolute Gasteiger partial charge is 0.313 e. The van der Waals surface area contributed by atoms with Crippen LogP contribution in [0, 0.1) is 11.6 Å². The van der Waals surface area contributed by atoms with Crippen molar-refractivity contribution in [1.82, 2.24) is 10.3 Å². The number of H-pyrrole nitrogens is 1. The number of carbonyl (C=O) groups is 2. The molecule has 0 spiro atoms. The zero-order valence-electron chi connectivity index (χ0n) is 14.3. The number of hydrogen-bond acceptors (Lipinski definition) is 2. The van der Waals surface area contributed by atoms with Gasteiger partial charge in [0.2, 0.25) is 0 Å². The van der Waals surface area contributed by atoms with Gasteiger partial charge in [-0.05, 0) is 36.5 Å². The van der Waals surface area contributed by atoms with Crippen LogP contribution < -0.4 is 10.6 Å². The van der Waals surface area contributed by atoms with Gasteiger partial charge in [-0.2, -0.15) is 0 Å². The number of aromatic nitrogens is 1. The van der Waals surface area contributed by atoms with Gasteiger partial charge in [-0.15, -0.1) is 0 Å². The number of halogens is 2. The molecular weight excluding hydrogens is 352 g/mol. The Labute approximate surface area is 153 Å². The summed E-state index contributed by atoms with van der Waals surface area (Å²) in [6.45, 7) is 0. The Bertz CT molecular complexity index is 1040. The minimum absolute atomic E-state index is 0.118. The van der Waals surface area contributed by atoms with Gasteiger partial charge in [0.1, 0.15) is 0 Å². The highest BCUT2D eigenvalue weighted by Gasteiger charge is 2.23. The summed E-state index contributed by atoms with van der Waals surface area (Å²) in [5, 5.41) is 5.49. The highest BCUT2D eigenvalue weighted by atomic mass is 19.2. The first kappa shape index (κ1) is 17.2. The van der Waals surface area contributed by atoms with Crippen molar-refractivity contribution in [1.29, 1.82) is 0 Å². The van der Waals surface area contributed by atoms with Crippen LogP contribution in [-0.4, -0.2) is 22.8 Å². The maximum Gasteiger partial charge on any atom is 0.313 e. The number of hydrogen-bond donors (Lipinski definition) is 3. The molecule has 0 bridgehead atoms. The quantitative estimate of drug-likeness (QED) is 0.608. The topological polar surface area (TPSA) is 74.0 Å². The first-order chi connectivity index (χ1) is 13.0. The van der Waals surface area contributed by atoms with Crippen molar-refractivity contribution in [3.8, 4) is 0 Å². The molecule has 3 N–H and O–H groups in total. The maximum absolute atomic E-state index is 13.5. The number of amides is 2. The Morgan fingerprint density at radius 1 is 1.04 bits per heavy atom. The minimum Gasteiger partial charge on any atom is -0.359 e. The highest BCUT2D eigenvalue weighted by molar-refractivity contribution is 6.40. The van der Waals surface area contributed by atoms with E-state index >= 15 is 0 Å². The molecule has 4 rings (SSSR count). The Balaban J connectivity index is 1.43. The van der Waals surface area contributed by atoms with Crippen molar-refractivity contribution in [2.24, 2.45) is 0 Å². The Kier molecular flexibility index (Phi) is 4.35. The molecule has 2 amide bonds. The van der Waals surface area contributed by atoms with Crippen molar-refractivity contribution in [3.05, 3.63) is 65.4 Å². The van der Waals surface area contributed by atoms with Crippen LogP contribution in [0.2, 0.25) is 0 Å². The van der Waals surface area contributed by atoms with Crippen LogP contribution in [0.25, 0.3) is 10.9 Å². The first-order valence-corrected chi connectivity index (χ1v) is 8.66. The maximum atomic E-state index is 13.5. The number of nitrogens with one attached hydrogen (secondary N) is 3. The molecule has 0 saturated heterocycles. The molecule has 1 heterocycles. The fourth-order valence-corrected chi connectivity index (χ4v) is 3.47. The van der Waals surface area contributed by atoms with Crippen molar-refractivity contribution < 1.29 is 18.4 Å². The van der Waals surface area contributed by atoms with Gasteiger partial charge in [-0.3, -0.25) is 9.59 Å². The van der Waals surface area contributed by atoms with Crippen LogP contribution in [0.3, 0.4) is 0 Å². The summed E-state index contributed by atoms with van der Waals surface area (Å²) in [7, 11) is 0. The average molecular weight is 369 g/mol. The number of rotatable bonds is 2. The fraction of sp³-hybridized carbons (Fsp3) is 0.200. The van der Waals surface area contributed by atoms with E-state index < -0.39 is 23.4 Å². The summed E-state index contributed by atoms with van der Waals surface area (Å²) >= 11 is 0. The zero-order chi connectivity index (χ0) is 19.0. The summed E-state index contributed by atoms with van der Waals surface area (Å²) in [6.07, 6.45) is 3.67. The molecule has 1 aromatic heterocycles. The molecule has 2 aromatic carbocycles. The fourth-order valence-electron chi connectivity index (χ4n) is 3.47. The molecule has 0 aliphatic heterocycles. The number of benzene rings is 2. The molecule has 0 radical (unpaired) electrons. The average Bonchev–Trinajstić information content (AvgIpc) is 3.03. The lowest BCUT2D eigenvalue weighted by Gasteiger charge is -2.25. The first-order valence-electron chi connectivity index (χ1n) is 8.66. The Morgan fingerprint density at radius 2 is 1.78 bits per heavy atom. The molecule has 1 aliphatic rings. The van der Waals surface area contributed by atoms with E-state index in [1.807, 2.05) is 18.2 Å². The van der Waals surface area contributed by atoms with Crippen LogP contribution in [0.1, 0.15) is 17.5 Å². The summed E-state index contributed by atoms with van der Waals surface area (Å²) in [5.41, 5.74) is 2.98. The van der Waals surface area contributed by atoms with Crippen LogP contribution in [0.5, 0.6) is 0 Å². The summed E-state index contributed by atoms with van der Waals surface area (Å²) in [4.78, 5) is 27.2. The van der Waals surface area contributed by atoms with E-state index in [4.69, 9.17) is 0 Å². The summed E-state index contributed by atoms with van der Waals surface area (Å²) in [6, 6.07) is 9.89. The summed E-state index contributed by atoms with van der Waals surface area (Å²) < 4.78 is 26.7. The third kappa shape index (κ3) is 3.40. The third-order valence-electron chi connectivity index (χ3n) is 4.86. The standard InChI is InChI=1S/C20H17F2N3O2/c21-15-8-14-17(9-16(15)22)23-10-18(14)25-20(27)19(26)24-13-6-5-11-3-1-2-4-12(11)7-13/h1-4,8-10,13,23H,5-7H2,(H,24,26)(H,25,27). The second-order valence-electron chi connectivity index (χ2n) is 6.65. The lowest BCUT2D eigenvalue weighted by atomic mass is 9.88. The number of anilines is 1. The van der Waals surface area contributed by atoms with Crippen LogP contribution in [0.15, 0.2) is 42.6 Å². The van der Waals surface area contributed by atoms with E-state index in [-0.39, 0.29) is 11.7 Å². The zero-order valence-corrected chi connectivity index (χ0v) is 14.3. The molecular formula is C20H17F2N3O2. The Morgan fingerprint density at radius 3 is 2.59 bits per heavy atom. The molecule has 5 nitrogen and oxygen atoms in total. The number of aryl methyl sites for hydroxylation is 1. The monoisotopic (exact) mass is 369 g/mol. The molecule has 27 heavy (non-hydrogen) atoms. The predicted molar refractivity (Wildman–Crippen MR) is 97.2 cm³/mol. The van der Waals surface area contributed by atoms with Crippen LogP contribution in [-0.2, 0) is 22.4 Å². The second kappa shape index (κ2) is 6.83. The van der Waals surface area contributed by atoms with Crippen molar-refractivity contribution in [2.45, 2.75) is 25.3 Å². The normalized spacial score (nSPS) is 16.0. The largest absolute Gasteiger partial charge is 0.359 e. The van der Waals surface area contributed by atoms with Crippen molar-refractivity contribution >= 4 is 28.4 Å². The number of aromatic amines is 1.